The Kier molecular flexibility index (Phi) is 7.42. The van der Waals surface area contributed by atoms with Gasteiger partial charge in [0.15, 0.2) is 0 Å². The Morgan fingerprint density at radius 1 is 1.05 bits per heavy atom. The number of unbranched alkanes of at least 4 members (excludes halogenated alkanes) is 1. The standard InChI is InChI=1S/C29H29FN2O3S2/c1-2-3-16-31(37(34,35)25-13-10-21-6-4-5-7-23(21)19-25)20-28(33)32-17-14-27-26(15-18-36-27)29(32)22-8-11-24(30)12-9-22/h4-13,15,18-19,29H,2-3,14,16-17,20H2,1H3. The fourth-order valence-corrected chi connectivity index (χ4v) is 7.29. The molecule has 0 radical (unpaired) electrons. The van der Waals surface area contributed by atoms with Crippen molar-refractivity contribution in [2.45, 2.75) is 37.1 Å². The van der Waals surface area contributed by atoms with Crippen LogP contribution in [0.4, 0.5) is 4.39 Å². The van der Waals surface area contributed by atoms with Gasteiger partial charge >= 0.3 is 0 Å². The lowest BCUT2D eigenvalue weighted by Crippen LogP contribution is -2.47. The monoisotopic (exact) mass is 536 g/mol. The first-order chi connectivity index (χ1) is 17.9. The summed E-state index contributed by atoms with van der Waals surface area (Å²) in [4.78, 5) is 16.9. The molecule has 0 spiro atoms. The molecule has 8 heteroatoms. The summed E-state index contributed by atoms with van der Waals surface area (Å²) in [6.45, 7) is 2.49. The smallest absolute Gasteiger partial charge is 0.243 e. The van der Waals surface area contributed by atoms with Gasteiger partial charge in [0.1, 0.15) is 5.82 Å². The first-order valence-corrected chi connectivity index (χ1v) is 14.8. The van der Waals surface area contributed by atoms with E-state index in [1.807, 2.05) is 42.6 Å². The molecule has 1 amide bonds. The maximum atomic E-state index is 13.8. The third kappa shape index (κ3) is 5.19. The molecule has 3 aromatic carbocycles. The molecule has 0 N–H and O–H groups in total. The number of carbonyl (C=O) groups excluding carboxylic acids is 1. The van der Waals surface area contributed by atoms with Crippen LogP contribution in [-0.2, 0) is 21.2 Å². The van der Waals surface area contributed by atoms with Gasteiger partial charge in [0.2, 0.25) is 15.9 Å². The number of benzene rings is 3. The summed E-state index contributed by atoms with van der Waals surface area (Å²) in [5, 5.41) is 3.80. The Hall–Kier alpha value is -3.07. The molecule has 4 aromatic rings. The van der Waals surface area contributed by atoms with E-state index in [1.54, 1.807) is 46.6 Å². The van der Waals surface area contributed by atoms with Crippen LogP contribution in [0.1, 0.15) is 41.8 Å². The van der Waals surface area contributed by atoms with Crippen molar-refractivity contribution in [1.82, 2.24) is 9.21 Å². The van der Waals surface area contributed by atoms with E-state index in [1.165, 1.54) is 21.3 Å². The SMILES string of the molecule is CCCCN(CC(=O)N1CCc2sccc2C1c1ccc(F)cc1)S(=O)(=O)c1ccc2ccccc2c1. The number of halogens is 1. The van der Waals surface area contributed by atoms with Crippen LogP contribution in [0.3, 0.4) is 0 Å². The van der Waals surface area contributed by atoms with Gasteiger partial charge in [-0.3, -0.25) is 4.79 Å². The molecule has 5 nitrogen and oxygen atoms in total. The molecule has 0 bridgehead atoms. The largest absolute Gasteiger partial charge is 0.330 e. The predicted molar refractivity (Wildman–Crippen MR) is 146 cm³/mol. The lowest BCUT2D eigenvalue weighted by atomic mass is 9.93. The van der Waals surface area contributed by atoms with Gasteiger partial charge in [0.05, 0.1) is 17.5 Å². The van der Waals surface area contributed by atoms with Crippen molar-refractivity contribution in [2.24, 2.45) is 0 Å². The third-order valence-electron chi connectivity index (χ3n) is 6.90. The summed E-state index contributed by atoms with van der Waals surface area (Å²) in [6, 6.07) is 20.5. The Balaban J connectivity index is 1.46. The highest BCUT2D eigenvalue weighted by atomic mass is 32.2. The highest BCUT2D eigenvalue weighted by molar-refractivity contribution is 7.89. The van der Waals surface area contributed by atoms with Crippen molar-refractivity contribution >= 4 is 38.0 Å². The van der Waals surface area contributed by atoms with Gasteiger partial charge < -0.3 is 4.90 Å². The predicted octanol–water partition coefficient (Wildman–Crippen LogP) is 6.01. The third-order valence-corrected chi connectivity index (χ3v) is 9.74. The van der Waals surface area contributed by atoms with Gasteiger partial charge in [-0.05, 0) is 70.5 Å². The summed E-state index contributed by atoms with van der Waals surface area (Å²) >= 11 is 1.65. The van der Waals surface area contributed by atoms with Gasteiger partial charge in [-0.1, -0.05) is 55.8 Å². The fraction of sp³-hybridized carbons (Fsp3) is 0.276. The minimum absolute atomic E-state index is 0.184. The molecular formula is C29H29FN2O3S2. The van der Waals surface area contributed by atoms with Crippen molar-refractivity contribution in [2.75, 3.05) is 19.6 Å². The Morgan fingerprint density at radius 3 is 2.57 bits per heavy atom. The zero-order valence-electron chi connectivity index (χ0n) is 20.6. The number of fused-ring (bicyclic) bond motifs is 2. The molecule has 1 unspecified atom stereocenters. The first-order valence-electron chi connectivity index (χ1n) is 12.5. The highest BCUT2D eigenvalue weighted by Crippen LogP contribution is 2.38. The number of nitrogens with zero attached hydrogens (tertiary/aromatic N) is 2. The van der Waals surface area contributed by atoms with Crippen molar-refractivity contribution in [3.05, 3.63) is 100.0 Å². The van der Waals surface area contributed by atoms with Crippen LogP contribution >= 0.6 is 11.3 Å². The van der Waals surface area contributed by atoms with E-state index in [2.05, 4.69) is 0 Å². The normalized spacial score (nSPS) is 15.8. The maximum Gasteiger partial charge on any atom is 0.243 e. The molecular weight excluding hydrogens is 507 g/mol. The average molecular weight is 537 g/mol. The number of hydrogen-bond acceptors (Lipinski definition) is 4. The number of amides is 1. The van der Waals surface area contributed by atoms with Crippen LogP contribution in [0.15, 0.2) is 83.1 Å². The molecule has 0 saturated carbocycles. The van der Waals surface area contributed by atoms with Crippen LogP contribution in [0.2, 0.25) is 0 Å². The Morgan fingerprint density at radius 2 is 1.81 bits per heavy atom. The van der Waals surface area contributed by atoms with Gasteiger partial charge in [-0.15, -0.1) is 11.3 Å². The van der Waals surface area contributed by atoms with E-state index < -0.39 is 10.0 Å². The van der Waals surface area contributed by atoms with E-state index in [4.69, 9.17) is 0 Å². The van der Waals surface area contributed by atoms with Gasteiger partial charge in [0.25, 0.3) is 0 Å². The van der Waals surface area contributed by atoms with Crippen LogP contribution < -0.4 is 0 Å². The van der Waals surface area contributed by atoms with Crippen LogP contribution in [0.5, 0.6) is 0 Å². The minimum atomic E-state index is -3.90. The second-order valence-corrected chi connectivity index (χ2v) is 12.2. The Labute approximate surface area is 221 Å². The molecule has 1 aromatic heterocycles. The topological polar surface area (TPSA) is 57.7 Å². The average Bonchev–Trinajstić information content (AvgIpc) is 3.39. The van der Waals surface area contributed by atoms with Crippen LogP contribution in [0.25, 0.3) is 10.8 Å². The molecule has 192 valence electrons. The number of hydrogen-bond donors (Lipinski definition) is 0. The van der Waals surface area contributed by atoms with Crippen LogP contribution in [0, 0.1) is 5.82 Å². The van der Waals surface area contributed by atoms with E-state index in [0.29, 0.717) is 19.4 Å². The zero-order valence-corrected chi connectivity index (χ0v) is 22.3. The van der Waals surface area contributed by atoms with Crippen molar-refractivity contribution in [3.63, 3.8) is 0 Å². The van der Waals surface area contributed by atoms with Crippen molar-refractivity contribution < 1.29 is 17.6 Å². The second kappa shape index (κ2) is 10.7. The highest BCUT2D eigenvalue weighted by Gasteiger charge is 2.35. The lowest BCUT2D eigenvalue weighted by Gasteiger charge is -2.37. The van der Waals surface area contributed by atoms with Gasteiger partial charge in [-0.25, -0.2) is 12.8 Å². The fourth-order valence-electron chi connectivity index (χ4n) is 4.93. The summed E-state index contributed by atoms with van der Waals surface area (Å²) in [6.07, 6.45) is 2.16. The zero-order chi connectivity index (χ0) is 26.0. The number of thiophene rings is 1. The van der Waals surface area contributed by atoms with E-state index in [-0.39, 0.29) is 35.8 Å². The molecule has 1 aliphatic heterocycles. The molecule has 5 rings (SSSR count). The quantitative estimate of drug-likeness (QED) is 0.277. The minimum Gasteiger partial charge on any atom is -0.330 e. The van der Waals surface area contributed by atoms with E-state index in [9.17, 15) is 17.6 Å². The summed E-state index contributed by atoms with van der Waals surface area (Å²) < 4.78 is 42.5. The van der Waals surface area contributed by atoms with Crippen molar-refractivity contribution in [3.8, 4) is 0 Å². The summed E-state index contributed by atoms with van der Waals surface area (Å²) in [5.41, 5.74) is 1.83. The maximum absolute atomic E-state index is 13.8. The molecule has 0 aliphatic carbocycles. The lowest BCUT2D eigenvalue weighted by molar-refractivity contribution is -0.133. The molecule has 2 heterocycles. The van der Waals surface area contributed by atoms with Crippen LogP contribution in [-0.4, -0.2) is 43.2 Å². The van der Waals surface area contributed by atoms with Gasteiger partial charge in [-0.2, -0.15) is 4.31 Å². The molecule has 1 atom stereocenters. The second-order valence-electron chi connectivity index (χ2n) is 9.29. The summed E-state index contributed by atoms with van der Waals surface area (Å²) in [7, 11) is -3.90. The number of rotatable bonds is 8. The van der Waals surface area contributed by atoms with E-state index in [0.717, 1.165) is 28.3 Å². The number of carbonyl (C=O) groups is 1. The molecule has 37 heavy (non-hydrogen) atoms. The van der Waals surface area contributed by atoms with E-state index >= 15 is 0 Å². The number of sulfonamides is 1. The summed E-state index contributed by atoms with van der Waals surface area (Å²) in [5.74, 6) is -0.596. The first kappa shape index (κ1) is 25.6. The van der Waals surface area contributed by atoms with Gasteiger partial charge in [0, 0.05) is 18.0 Å². The van der Waals surface area contributed by atoms with Crippen molar-refractivity contribution in [1.29, 1.82) is 0 Å². The molecule has 1 aliphatic rings. The molecule has 0 fully saturated rings. The molecule has 0 saturated heterocycles. The Bertz CT molecular complexity index is 1520.